The summed E-state index contributed by atoms with van der Waals surface area (Å²) in [5.41, 5.74) is 1.30. The van der Waals surface area contributed by atoms with Crippen molar-refractivity contribution in [1.82, 2.24) is 9.88 Å². The maximum absolute atomic E-state index is 5.36. The number of hydrogen-bond acceptors (Lipinski definition) is 4. The number of methoxy groups -OCH3 is 1. The molecule has 0 saturated carbocycles. The van der Waals surface area contributed by atoms with Gasteiger partial charge in [0.05, 0.1) is 6.10 Å². The molecule has 0 aromatic carbocycles. The quantitative estimate of drug-likeness (QED) is 0.832. The van der Waals surface area contributed by atoms with Gasteiger partial charge in [-0.25, -0.2) is 4.98 Å². The Balaban J connectivity index is 1.94. The van der Waals surface area contributed by atoms with Crippen molar-refractivity contribution in [2.75, 3.05) is 32.6 Å². The maximum atomic E-state index is 5.36. The lowest BCUT2D eigenvalue weighted by Gasteiger charge is -2.15. The minimum atomic E-state index is 0.408. The van der Waals surface area contributed by atoms with Gasteiger partial charge < -0.3 is 10.1 Å². The van der Waals surface area contributed by atoms with Crippen LogP contribution in [0, 0.1) is 0 Å². The molecule has 1 aliphatic rings. The zero-order valence-corrected chi connectivity index (χ0v) is 9.94. The number of aromatic nitrogens is 1. The number of pyridine rings is 1. The second-order valence-corrected chi connectivity index (χ2v) is 4.18. The van der Waals surface area contributed by atoms with Gasteiger partial charge in [-0.15, -0.1) is 0 Å². The fraction of sp³-hybridized carbons (Fsp3) is 0.583. The van der Waals surface area contributed by atoms with Crippen molar-refractivity contribution in [1.29, 1.82) is 0 Å². The van der Waals surface area contributed by atoms with Crippen molar-refractivity contribution in [3.63, 3.8) is 0 Å². The van der Waals surface area contributed by atoms with E-state index >= 15 is 0 Å². The van der Waals surface area contributed by atoms with Crippen LogP contribution in [0.4, 0.5) is 5.82 Å². The number of anilines is 1. The lowest BCUT2D eigenvalue weighted by atomic mass is 10.2. The van der Waals surface area contributed by atoms with Gasteiger partial charge in [-0.2, -0.15) is 0 Å². The van der Waals surface area contributed by atoms with Gasteiger partial charge in [-0.3, -0.25) is 4.90 Å². The first-order chi connectivity index (χ1) is 7.81. The van der Waals surface area contributed by atoms with E-state index in [0.29, 0.717) is 6.10 Å². The summed E-state index contributed by atoms with van der Waals surface area (Å²) < 4.78 is 5.36. The molecule has 0 amide bonds. The Bertz CT molecular complexity index is 343. The minimum Gasteiger partial charge on any atom is -0.380 e. The predicted molar refractivity (Wildman–Crippen MR) is 64.5 cm³/mol. The zero-order chi connectivity index (χ0) is 11.4. The van der Waals surface area contributed by atoms with Crippen LogP contribution in [-0.4, -0.2) is 43.2 Å². The molecule has 1 aromatic heterocycles. The van der Waals surface area contributed by atoms with Crippen molar-refractivity contribution >= 4 is 5.82 Å². The van der Waals surface area contributed by atoms with E-state index in [0.717, 1.165) is 31.9 Å². The third kappa shape index (κ3) is 2.71. The number of ether oxygens (including phenoxy) is 1. The topological polar surface area (TPSA) is 37.4 Å². The molecule has 0 spiro atoms. The zero-order valence-electron chi connectivity index (χ0n) is 9.94. The molecule has 88 valence electrons. The molecule has 1 aliphatic heterocycles. The maximum Gasteiger partial charge on any atom is 0.125 e. The molecule has 1 atom stereocenters. The van der Waals surface area contributed by atoms with Crippen molar-refractivity contribution in [2.45, 2.75) is 19.1 Å². The SMILES string of the molecule is CNc1cc(CN2CCC(OC)C2)ccn1. The largest absolute Gasteiger partial charge is 0.380 e. The highest BCUT2D eigenvalue weighted by Crippen LogP contribution is 2.16. The average molecular weight is 221 g/mol. The average Bonchev–Trinajstić information content (AvgIpc) is 2.77. The van der Waals surface area contributed by atoms with Gasteiger partial charge in [-0.1, -0.05) is 0 Å². The highest BCUT2D eigenvalue weighted by Gasteiger charge is 2.21. The van der Waals surface area contributed by atoms with Gasteiger partial charge in [0.2, 0.25) is 0 Å². The van der Waals surface area contributed by atoms with Gasteiger partial charge in [0.25, 0.3) is 0 Å². The van der Waals surface area contributed by atoms with Gasteiger partial charge in [-0.05, 0) is 24.1 Å². The number of likely N-dealkylation sites (tertiary alicyclic amines) is 1. The van der Waals surface area contributed by atoms with E-state index in [1.54, 1.807) is 7.11 Å². The second-order valence-electron chi connectivity index (χ2n) is 4.18. The second kappa shape index (κ2) is 5.27. The Kier molecular flexibility index (Phi) is 3.74. The summed E-state index contributed by atoms with van der Waals surface area (Å²) in [4.78, 5) is 6.63. The molecule has 1 unspecified atom stereocenters. The van der Waals surface area contributed by atoms with E-state index in [1.165, 1.54) is 5.56 Å². The molecule has 0 bridgehead atoms. The normalized spacial score (nSPS) is 21.2. The summed E-state index contributed by atoms with van der Waals surface area (Å²) in [6.45, 7) is 3.14. The molecule has 1 aromatic rings. The summed E-state index contributed by atoms with van der Waals surface area (Å²) in [7, 11) is 3.68. The van der Waals surface area contributed by atoms with E-state index in [4.69, 9.17) is 4.74 Å². The third-order valence-corrected chi connectivity index (χ3v) is 3.05. The van der Waals surface area contributed by atoms with Gasteiger partial charge in [0, 0.05) is 40.0 Å². The van der Waals surface area contributed by atoms with Crippen molar-refractivity contribution in [3.05, 3.63) is 23.9 Å². The van der Waals surface area contributed by atoms with E-state index in [9.17, 15) is 0 Å². The number of nitrogens with zero attached hydrogens (tertiary/aromatic N) is 2. The Morgan fingerprint density at radius 1 is 1.62 bits per heavy atom. The first-order valence-electron chi connectivity index (χ1n) is 5.69. The molecule has 1 N–H and O–H groups in total. The Labute approximate surface area is 96.6 Å². The lowest BCUT2D eigenvalue weighted by molar-refractivity contribution is 0.107. The molecule has 16 heavy (non-hydrogen) atoms. The molecular weight excluding hydrogens is 202 g/mol. The van der Waals surface area contributed by atoms with Crippen LogP contribution in [0.2, 0.25) is 0 Å². The van der Waals surface area contributed by atoms with E-state index < -0.39 is 0 Å². The summed E-state index contributed by atoms with van der Waals surface area (Å²) in [5.74, 6) is 0.931. The molecule has 2 rings (SSSR count). The van der Waals surface area contributed by atoms with Gasteiger partial charge in [0.1, 0.15) is 5.82 Å². The number of hydrogen-bond donors (Lipinski definition) is 1. The summed E-state index contributed by atoms with van der Waals surface area (Å²) in [5, 5.41) is 3.06. The molecular formula is C12H19N3O. The van der Waals surface area contributed by atoms with Crippen LogP contribution in [0.1, 0.15) is 12.0 Å². The fourth-order valence-electron chi connectivity index (χ4n) is 2.10. The van der Waals surface area contributed by atoms with Gasteiger partial charge >= 0.3 is 0 Å². The molecule has 0 aliphatic carbocycles. The van der Waals surface area contributed by atoms with Crippen molar-refractivity contribution < 1.29 is 4.74 Å². The van der Waals surface area contributed by atoms with Crippen LogP contribution in [0.15, 0.2) is 18.3 Å². The van der Waals surface area contributed by atoms with E-state index in [1.807, 2.05) is 13.2 Å². The van der Waals surface area contributed by atoms with Crippen LogP contribution in [0.5, 0.6) is 0 Å². The van der Waals surface area contributed by atoms with Crippen LogP contribution in [0.3, 0.4) is 0 Å². The number of nitrogens with one attached hydrogen (secondary N) is 1. The predicted octanol–water partition coefficient (Wildman–Crippen LogP) is 1.34. The van der Waals surface area contributed by atoms with Crippen LogP contribution < -0.4 is 5.32 Å². The van der Waals surface area contributed by atoms with Crippen LogP contribution >= 0.6 is 0 Å². The third-order valence-electron chi connectivity index (χ3n) is 3.05. The molecule has 1 saturated heterocycles. The smallest absolute Gasteiger partial charge is 0.125 e. The Hall–Kier alpha value is -1.13. The summed E-state index contributed by atoms with van der Waals surface area (Å²) >= 11 is 0. The van der Waals surface area contributed by atoms with Crippen molar-refractivity contribution in [3.8, 4) is 0 Å². The first-order valence-corrected chi connectivity index (χ1v) is 5.69. The van der Waals surface area contributed by atoms with E-state index in [2.05, 4.69) is 27.3 Å². The monoisotopic (exact) mass is 221 g/mol. The van der Waals surface area contributed by atoms with Crippen molar-refractivity contribution in [2.24, 2.45) is 0 Å². The van der Waals surface area contributed by atoms with Crippen LogP contribution in [0.25, 0.3) is 0 Å². The first kappa shape index (κ1) is 11.4. The molecule has 0 radical (unpaired) electrons. The molecule has 2 heterocycles. The highest BCUT2D eigenvalue weighted by molar-refractivity contribution is 5.36. The summed E-state index contributed by atoms with van der Waals surface area (Å²) in [6, 6.07) is 4.17. The van der Waals surface area contributed by atoms with Gasteiger partial charge in [0.15, 0.2) is 0 Å². The minimum absolute atomic E-state index is 0.408. The molecule has 4 nitrogen and oxygen atoms in total. The Morgan fingerprint density at radius 3 is 3.19 bits per heavy atom. The standard InChI is InChI=1S/C12H19N3O/c1-13-12-7-10(3-5-14-12)8-15-6-4-11(9-15)16-2/h3,5,7,11H,4,6,8-9H2,1-2H3,(H,13,14). The summed E-state index contributed by atoms with van der Waals surface area (Å²) in [6.07, 6.45) is 3.40. The molecule has 1 fully saturated rings. The Morgan fingerprint density at radius 2 is 2.50 bits per heavy atom. The highest BCUT2D eigenvalue weighted by atomic mass is 16.5. The fourth-order valence-corrected chi connectivity index (χ4v) is 2.10. The number of rotatable bonds is 4. The molecule has 4 heteroatoms. The van der Waals surface area contributed by atoms with Crippen LogP contribution in [-0.2, 0) is 11.3 Å². The lowest BCUT2D eigenvalue weighted by Crippen LogP contribution is -2.22. The van der Waals surface area contributed by atoms with E-state index in [-0.39, 0.29) is 0 Å².